The van der Waals surface area contributed by atoms with E-state index in [0.29, 0.717) is 12.0 Å². The molecule has 1 aromatic carbocycles. The Kier molecular flexibility index (Phi) is 6.23. The van der Waals surface area contributed by atoms with E-state index in [0.717, 1.165) is 54.1 Å². The predicted molar refractivity (Wildman–Crippen MR) is 110 cm³/mol. The van der Waals surface area contributed by atoms with Gasteiger partial charge in [0, 0.05) is 37.4 Å². The molecule has 0 saturated carbocycles. The molecule has 28 heavy (non-hydrogen) atoms. The van der Waals surface area contributed by atoms with Crippen LogP contribution in [0.15, 0.2) is 28.6 Å². The van der Waals surface area contributed by atoms with Gasteiger partial charge in [0.15, 0.2) is 10.1 Å². The molecule has 0 unspecified atom stereocenters. The first-order valence-electron chi connectivity index (χ1n) is 9.44. The first-order valence-corrected chi connectivity index (χ1v) is 11.2. The molecule has 4 rings (SSSR count). The standard InChI is InChI=1S/C19H22N4O3S2/c24-16(13-4-1-5-14(10-13)23-8-2-7-17(23)25)12-27-19-22-21-18(28-19)20-11-15-6-3-9-26-15/h1,4-5,10,15H,2-3,6-9,11-12H2,(H,20,21)/t15-/m0/s1. The van der Waals surface area contributed by atoms with E-state index in [4.69, 9.17) is 4.74 Å². The average Bonchev–Trinajstić information content (AvgIpc) is 3.46. The lowest BCUT2D eigenvalue weighted by Crippen LogP contribution is -2.23. The SMILES string of the molecule is O=C(CSc1nnc(NC[C@@H]2CCCO2)s1)c1cccc(N2CCCC2=O)c1. The third-order valence-electron chi connectivity index (χ3n) is 4.79. The van der Waals surface area contributed by atoms with Crippen molar-refractivity contribution in [2.75, 3.05) is 35.7 Å². The fourth-order valence-corrected chi connectivity index (χ4v) is 4.98. The molecule has 2 fully saturated rings. The van der Waals surface area contributed by atoms with Crippen LogP contribution in [0.1, 0.15) is 36.0 Å². The Morgan fingerprint density at radius 1 is 1.36 bits per heavy atom. The maximum Gasteiger partial charge on any atom is 0.227 e. The highest BCUT2D eigenvalue weighted by molar-refractivity contribution is 8.01. The molecule has 3 heterocycles. The van der Waals surface area contributed by atoms with Crippen LogP contribution < -0.4 is 10.2 Å². The number of amides is 1. The molecule has 1 amide bonds. The first-order chi connectivity index (χ1) is 13.7. The van der Waals surface area contributed by atoms with Crippen LogP contribution in [-0.4, -0.2) is 53.4 Å². The van der Waals surface area contributed by atoms with Crippen LogP contribution >= 0.6 is 23.1 Å². The largest absolute Gasteiger partial charge is 0.376 e. The first kappa shape index (κ1) is 19.4. The van der Waals surface area contributed by atoms with Crippen LogP contribution in [0.3, 0.4) is 0 Å². The zero-order valence-corrected chi connectivity index (χ0v) is 17.1. The minimum Gasteiger partial charge on any atom is -0.376 e. The van der Waals surface area contributed by atoms with Gasteiger partial charge in [-0.3, -0.25) is 9.59 Å². The summed E-state index contributed by atoms with van der Waals surface area (Å²) in [5.41, 5.74) is 1.42. The third-order valence-corrected chi connectivity index (χ3v) is 6.81. The van der Waals surface area contributed by atoms with Crippen molar-refractivity contribution in [3.63, 3.8) is 0 Å². The summed E-state index contributed by atoms with van der Waals surface area (Å²) < 4.78 is 6.34. The van der Waals surface area contributed by atoms with Gasteiger partial charge in [-0.1, -0.05) is 35.2 Å². The number of hydrogen-bond acceptors (Lipinski definition) is 8. The van der Waals surface area contributed by atoms with Crippen molar-refractivity contribution in [1.82, 2.24) is 10.2 Å². The molecule has 9 heteroatoms. The summed E-state index contributed by atoms with van der Waals surface area (Å²) in [6.07, 6.45) is 3.88. The molecule has 2 aliphatic rings. The smallest absolute Gasteiger partial charge is 0.227 e. The van der Waals surface area contributed by atoms with Crippen molar-refractivity contribution in [2.45, 2.75) is 36.1 Å². The highest BCUT2D eigenvalue weighted by Gasteiger charge is 2.22. The van der Waals surface area contributed by atoms with Crippen molar-refractivity contribution in [3.05, 3.63) is 29.8 Å². The second-order valence-corrected chi connectivity index (χ2v) is 9.00. The summed E-state index contributed by atoms with van der Waals surface area (Å²) in [5.74, 6) is 0.427. The van der Waals surface area contributed by atoms with Crippen LogP contribution in [-0.2, 0) is 9.53 Å². The van der Waals surface area contributed by atoms with Crippen LogP contribution in [0.25, 0.3) is 0 Å². The summed E-state index contributed by atoms with van der Waals surface area (Å²) in [6, 6.07) is 7.31. The zero-order chi connectivity index (χ0) is 19.3. The number of aromatic nitrogens is 2. The molecule has 0 radical (unpaired) electrons. The van der Waals surface area contributed by atoms with E-state index in [2.05, 4.69) is 15.5 Å². The van der Waals surface area contributed by atoms with Crippen LogP contribution in [0.5, 0.6) is 0 Å². The fraction of sp³-hybridized carbons (Fsp3) is 0.474. The molecule has 1 aromatic heterocycles. The Hall–Kier alpha value is -1.97. The van der Waals surface area contributed by atoms with Crippen LogP contribution in [0, 0.1) is 0 Å². The number of anilines is 2. The van der Waals surface area contributed by atoms with E-state index in [-0.39, 0.29) is 23.5 Å². The lowest BCUT2D eigenvalue weighted by molar-refractivity contribution is -0.117. The van der Waals surface area contributed by atoms with Gasteiger partial charge < -0.3 is 15.0 Å². The lowest BCUT2D eigenvalue weighted by Gasteiger charge is -2.16. The molecule has 7 nitrogen and oxygen atoms in total. The maximum absolute atomic E-state index is 12.6. The number of benzene rings is 1. The van der Waals surface area contributed by atoms with E-state index in [9.17, 15) is 9.59 Å². The van der Waals surface area contributed by atoms with E-state index in [1.54, 1.807) is 17.0 Å². The van der Waals surface area contributed by atoms with Gasteiger partial charge >= 0.3 is 0 Å². The van der Waals surface area contributed by atoms with Gasteiger partial charge in [0.1, 0.15) is 0 Å². The monoisotopic (exact) mass is 418 g/mol. The Morgan fingerprint density at radius 3 is 3.07 bits per heavy atom. The number of rotatable bonds is 8. The molecule has 148 valence electrons. The molecule has 2 aliphatic heterocycles. The number of nitrogens with one attached hydrogen (secondary N) is 1. The molecule has 0 spiro atoms. The third kappa shape index (κ3) is 4.71. The van der Waals surface area contributed by atoms with Crippen molar-refractivity contribution in [1.29, 1.82) is 0 Å². The summed E-state index contributed by atoms with van der Waals surface area (Å²) in [6.45, 7) is 2.29. The summed E-state index contributed by atoms with van der Waals surface area (Å²) >= 11 is 2.83. The number of ether oxygens (including phenoxy) is 1. The van der Waals surface area contributed by atoms with Crippen molar-refractivity contribution >= 4 is 45.6 Å². The van der Waals surface area contributed by atoms with Crippen LogP contribution in [0.2, 0.25) is 0 Å². The number of carbonyl (C=O) groups is 2. The molecule has 0 bridgehead atoms. The minimum absolute atomic E-state index is 0.0163. The van der Waals surface area contributed by atoms with Gasteiger partial charge in [-0.2, -0.15) is 0 Å². The predicted octanol–water partition coefficient (Wildman–Crippen LogP) is 3.23. The Bertz CT molecular complexity index is 851. The Labute approximate surface area is 171 Å². The molecule has 2 aromatic rings. The zero-order valence-electron chi connectivity index (χ0n) is 15.4. The fourth-order valence-electron chi connectivity index (χ4n) is 3.33. The van der Waals surface area contributed by atoms with Gasteiger partial charge in [-0.25, -0.2) is 0 Å². The Morgan fingerprint density at radius 2 is 2.29 bits per heavy atom. The van der Waals surface area contributed by atoms with Crippen LogP contribution in [0.4, 0.5) is 10.8 Å². The van der Waals surface area contributed by atoms with Gasteiger partial charge in [-0.05, 0) is 31.4 Å². The highest BCUT2D eigenvalue weighted by Crippen LogP contribution is 2.27. The second-order valence-electron chi connectivity index (χ2n) is 6.80. The lowest BCUT2D eigenvalue weighted by atomic mass is 10.1. The van der Waals surface area contributed by atoms with Crippen molar-refractivity contribution in [3.8, 4) is 0 Å². The van der Waals surface area contributed by atoms with E-state index >= 15 is 0 Å². The minimum atomic E-state index is 0.0163. The summed E-state index contributed by atoms with van der Waals surface area (Å²) in [4.78, 5) is 26.2. The average molecular weight is 419 g/mol. The molecular weight excluding hydrogens is 396 g/mol. The topological polar surface area (TPSA) is 84.4 Å². The number of hydrogen-bond donors (Lipinski definition) is 1. The van der Waals surface area contributed by atoms with E-state index in [1.807, 2.05) is 12.1 Å². The molecule has 0 aliphatic carbocycles. The van der Waals surface area contributed by atoms with Crippen molar-refractivity contribution < 1.29 is 14.3 Å². The van der Waals surface area contributed by atoms with E-state index in [1.165, 1.54) is 23.1 Å². The molecule has 1 N–H and O–H groups in total. The maximum atomic E-state index is 12.6. The normalized spacial score (nSPS) is 19.4. The second kappa shape index (κ2) is 9.02. The van der Waals surface area contributed by atoms with Crippen molar-refractivity contribution in [2.24, 2.45) is 0 Å². The Balaban J connectivity index is 1.30. The van der Waals surface area contributed by atoms with Gasteiger partial charge in [0.2, 0.25) is 11.0 Å². The van der Waals surface area contributed by atoms with Gasteiger partial charge in [0.25, 0.3) is 0 Å². The number of ketones is 1. The molecular formula is C19H22N4O3S2. The van der Waals surface area contributed by atoms with E-state index < -0.39 is 0 Å². The van der Waals surface area contributed by atoms with Gasteiger partial charge in [0.05, 0.1) is 11.9 Å². The highest BCUT2D eigenvalue weighted by atomic mass is 32.2. The molecule has 2 saturated heterocycles. The number of nitrogens with zero attached hydrogens (tertiary/aromatic N) is 3. The molecule has 1 atom stereocenters. The quantitative estimate of drug-likeness (QED) is 0.520. The number of carbonyl (C=O) groups excluding carboxylic acids is 2. The summed E-state index contributed by atoms with van der Waals surface area (Å²) in [7, 11) is 0. The van der Waals surface area contributed by atoms with Gasteiger partial charge in [-0.15, -0.1) is 10.2 Å². The number of thioether (sulfide) groups is 1. The summed E-state index contributed by atoms with van der Waals surface area (Å²) in [5, 5.41) is 12.3. The number of Topliss-reactive ketones (excluding diaryl/α,β-unsaturated/α-hetero) is 1.